The lowest BCUT2D eigenvalue weighted by atomic mass is 10.1. The minimum atomic E-state index is 1.18. The highest BCUT2D eigenvalue weighted by Gasteiger charge is 2.15. The summed E-state index contributed by atoms with van der Waals surface area (Å²) < 4.78 is 0. The van der Waals surface area contributed by atoms with E-state index >= 15 is 0 Å². The molecule has 1 nitrogen and oxygen atoms in total. The van der Waals surface area contributed by atoms with Crippen LogP contribution in [-0.2, 0) is 6.42 Å². The van der Waals surface area contributed by atoms with E-state index < -0.39 is 0 Å². The van der Waals surface area contributed by atoms with Crippen molar-refractivity contribution >= 4 is 5.69 Å². The number of anilines is 1. The minimum Gasteiger partial charge on any atom is -0.374 e. The van der Waals surface area contributed by atoms with Crippen LogP contribution in [0.3, 0.4) is 0 Å². The van der Waals surface area contributed by atoms with Crippen LogP contribution in [-0.4, -0.2) is 13.6 Å². The molecule has 1 aromatic rings. The highest BCUT2D eigenvalue weighted by molar-refractivity contribution is 5.59. The van der Waals surface area contributed by atoms with E-state index in [9.17, 15) is 0 Å². The monoisotopic (exact) mass is 207 g/mol. The summed E-state index contributed by atoms with van der Waals surface area (Å²) in [6.07, 6.45) is 1.22. The van der Waals surface area contributed by atoms with Gasteiger partial charge in [0.05, 0.1) is 0 Å². The third kappa shape index (κ3) is 3.26. The lowest BCUT2D eigenvalue weighted by Gasteiger charge is -2.11. The van der Waals surface area contributed by atoms with Gasteiger partial charge in [0.25, 0.3) is 0 Å². The highest BCUT2D eigenvalue weighted by atomic mass is 15.1. The maximum Gasteiger partial charge on any atom is 0.0399 e. The SMILES string of the molecule is CC.CC.Cc1cccc2c1CCN2C. The number of likely N-dealkylation sites (N-methyl/N-ethyl adjacent to an activating group) is 1. The molecule has 0 saturated heterocycles. The molecule has 1 heterocycles. The van der Waals surface area contributed by atoms with Crippen LogP contribution in [0.2, 0.25) is 0 Å². The predicted octanol–water partition coefficient (Wildman–Crippen LogP) is 4.04. The Balaban J connectivity index is 0.000000442. The van der Waals surface area contributed by atoms with Gasteiger partial charge in [0.2, 0.25) is 0 Å². The Morgan fingerprint density at radius 2 is 1.67 bits per heavy atom. The quantitative estimate of drug-likeness (QED) is 0.620. The van der Waals surface area contributed by atoms with Gasteiger partial charge >= 0.3 is 0 Å². The molecule has 0 bridgehead atoms. The molecule has 0 atom stereocenters. The van der Waals surface area contributed by atoms with Gasteiger partial charge < -0.3 is 4.90 Å². The molecule has 2 rings (SSSR count). The molecular formula is C14H25N. The highest BCUT2D eigenvalue weighted by Crippen LogP contribution is 2.28. The summed E-state index contributed by atoms with van der Waals surface area (Å²) in [4.78, 5) is 2.32. The molecule has 0 amide bonds. The largest absolute Gasteiger partial charge is 0.374 e. The molecule has 0 radical (unpaired) electrons. The Kier molecular flexibility index (Phi) is 6.85. The van der Waals surface area contributed by atoms with Crippen molar-refractivity contribution < 1.29 is 0 Å². The number of benzene rings is 1. The molecule has 1 heteroatoms. The molecule has 0 fully saturated rings. The van der Waals surface area contributed by atoms with Crippen molar-refractivity contribution in [3.05, 3.63) is 29.3 Å². The van der Waals surface area contributed by atoms with E-state index in [-0.39, 0.29) is 0 Å². The molecule has 0 unspecified atom stereocenters. The van der Waals surface area contributed by atoms with Crippen LogP contribution in [0.5, 0.6) is 0 Å². The summed E-state index contributed by atoms with van der Waals surface area (Å²) in [5.74, 6) is 0. The normalized spacial score (nSPS) is 12.0. The average Bonchev–Trinajstić information content (AvgIpc) is 2.68. The summed E-state index contributed by atoms with van der Waals surface area (Å²) in [6, 6.07) is 6.53. The second-order valence-corrected chi connectivity index (χ2v) is 3.24. The zero-order chi connectivity index (χ0) is 11.8. The number of nitrogens with zero attached hydrogens (tertiary/aromatic N) is 1. The molecule has 0 N–H and O–H groups in total. The zero-order valence-electron chi connectivity index (χ0n) is 11.1. The first-order valence-electron chi connectivity index (χ1n) is 6.08. The fourth-order valence-corrected chi connectivity index (χ4v) is 1.77. The molecule has 0 aliphatic carbocycles. The van der Waals surface area contributed by atoms with Crippen molar-refractivity contribution in [1.29, 1.82) is 0 Å². The van der Waals surface area contributed by atoms with E-state index in [2.05, 4.69) is 37.1 Å². The molecule has 0 saturated carbocycles. The number of hydrogen-bond acceptors (Lipinski definition) is 1. The van der Waals surface area contributed by atoms with Crippen LogP contribution >= 0.6 is 0 Å². The van der Waals surface area contributed by atoms with E-state index in [4.69, 9.17) is 0 Å². The second-order valence-electron chi connectivity index (χ2n) is 3.24. The van der Waals surface area contributed by atoms with Crippen molar-refractivity contribution in [2.24, 2.45) is 0 Å². The molecule has 0 aromatic heterocycles. The van der Waals surface area contributed by atoms with Gasteiger partial charge in [-0.2, -0.15) is 0 Å². The van der Waals surface area contributed by atoms with Gasteiger partial charge in [-0.05, 0) is 30.5 Å². The van der Waals surface area contributed by atoms with E-state index in [1.54, 1.807) is 0 Å². The lowest BCUT2D eigenvalue weighted by molar-refractivity contribution is 0.953. The zero-order valence-corrected chi connectivity index (χ0v) is 11.1. The van der Waals surface area contributed by atoms with Crippen LogP contribution in [0.4, 0.5) is 5.69 Å². The molecule has 1 aliphatic rings. The fraction of sp³-hybridized carbons (Fsp3) is 0.571. The van der Waals surface area contributed by atoms with Crippen LogP contribution in [0.25, 0.3) is 0 Å². The molecule has 86 valence electrons. The first kappa shape index (κ1) is 14.0. The summed E-state index contributed by atoms with van der Waals surface area (Å²) in [5.41, 5.74) is 4.40. The van der Waals surface area contributed by atoms with E-state index in [0.717, 1.165) is 0 Å². The number of fused-ring (bicyclic) bond motifs is 1. The molecule has 1 aromatic carbocycles. The Bertz CT molecular complexity index is 279. The van der Waals surface area contributed by atoms with Crippen molar-refractivity contribution in [2.75, 3.05) is 18.5 Å². The third-order valence-electron chi connectivity index (χ3n) is 2.49. The van der Waals surface area contributed by atoms with Crippen molar-refractivity contribution in [3.8, 4) is 0 Å². The summed E-state index contributed by atoms with van der Waals surface area (Å²) in [7, 11) is 2.16. The second kappa shape index (κ2) is 7.33. The topological polar surface area (TPSA) is 3.24 Å². The average molecular weight is 207 g/mol. The van der Waals surface area contributed by atoms with Gasteiger partial charge in [-0.1, -0.05) is 39.8 Å². The van der Waals surface area contributed by atoms with E-state index in [1.165, 1.54) is 29.8 Å². The predicted molar refractivity (Wildman–Crippen MR) is 70.8 cm³/mol. The summed E-state index contributed by atoms with van der Waals surface area (Å²) >= 11 is 0. The Hall–Kier alpha value is -0.980. The smallest absolute Gasteiger partial charge is 0.0399 e. The van der Waals surface area contributed by atoms with Crippen molar-refractivity contribution in [2.45, 2.75) is 41.0 Å². The Morgan fingerprint density at radius 3 is 2.20 bits per heavy atom. The summed E-state index contributed by atoms with van der Waals surface area (Å²) in [5, 5.41) is 0. The molecule has 1 aliphatic heterocycles. The fourth-order valence-electron chi connectivity index (χ4n) is 1.77. The van der Waals surface area contributed by atoms with Gasteiger partial charge in [-0.3, -0.25) is 0 Å². The van der Waals surface area contributed by atoms with E-state index in [1.807, 2.05) is 27.7 Å². The molecule has 15 heavy (non-hydrogen) atoms. The first-order valence-corrected chi connectivity index (χ1v) is 6.08. The van der Waals surface area contributed by atoms with E-state index in [0.29, 0.717) is 0 Å². The van der Waals surface area contributed by atoms with Gasteiger partial charge in [0.1, 0.15) is 0 Å². The molecule has 0 spiro atoms. The lowest BCUT2D eigenvalue weighted by Crippen LogP contribution is -2.12. The maximum atomic E-state index is 2.32. The van der Waals surface area contributed by atoms with Crippen LogP contribution in [0, 0.1) is 6.92 Å². The van der Waals surface area contributed by atoms with Crippen LogP contribution in [0.15, 0.2) is 18.2 Å². The third-order valence-corrected chi connectivity index (χ3v) is 2.49. The minimum absolute atomic E-state index is 1.18. The van der Waals surface area contributed by atoms with Gasteiger partial charge in [0, 0.05) is 19.3 Å². The maximum absolute atomic E-state index is 2.32. The Labute approximate surface area is 95.1 Å². The molecular weight excluding hydrogens is 182 g/mol. The van der Waals surface area contributed by atoms with Crippen molar-refractivity contribution in [1.82, 2.24) is 0 Å². The summed E-state index contributed by atoms with van der Waals surface area (Å²) in [6.45, 7) is 11.4. The number of rotatable bonds is 0. The first-order chi connectivity index (χ1) is 7.29. The van der Waals surface area contributed by atoms with Gasteiger partial charge in [0.15, 0.2) is 0 Å². The number of aryl methyl sites for hydroxylation is 1. The van der Waals surface area contributed by atoms with Gasteiger partial charge in [-0.25, -0.2) is 0 Å². The van der Waals surface area contributed by atoms with Crippen LogP contribution in [0.1, 0.15) is 38.8 Å². The van der Waals surface area contributed by atoms with Gasteiger partial charge in [-0.15, -0.1) is 0 Å². The van der Waals surface area contributed by atoms with Crippen molar-refractivity contribution in [3.63, 3.8) is 0 Å². The number of hydrogen-bond donors (Lipinski definition) is 0. The Morgan fingerprint density at radius 1 is 1.07 bits per heavy atom. The standard InChI is InChI=1S/C10H13N.2C2H6/c1-8-4-3-5-10-9(8)6-7-11(10)2;2*1-2/h3-5H,6-7H2,1-2H3;2*1-2H3. The van der Waals surface area contributed by atoms with Crippen LogP contribution < -0.4 is 4.90 Å².